The minimum atomic E-state index is -0.386. The summed E-state index contributed by atoms with van der Waals surface area (Å²) in [6.07, 6.45) is 3.79. The lowest BCUT2D eigenvalue weighted by molar-refractivity contribution is -0.118. The second kappa shape index (κ2) is 11.1. The average molecular weight is 480 g/mol. The second-order valence-electron chi connectivity index (χ2n) is 7.95. The third-order valence-electron chi connectivity index (χ3n) is 5.56. The lowest BCUT2D eigenvalue weighted by Crippen LogP contribution is -2.27. The number of nitrogens with one attached hydrogen (secondary N) is 1. The zero-order valence-electron chi connectivity index (χ0n) is 18.7. The zero-order chi connectivity index (χ0) is 23.9. The lowest BCUT2D eigenvalue weighted by atomic mass is 10.1. The molecule has 2 amide bonds. The first-order valence-corrected chi connectivity index (χ1v) is 12.1. The van der Waals surface area contributed by atoms with Crippen LogP contribution in [0.5, 0.6) is 0 Å². The predicted octanol–water partition coefficient (Wildman–Crippen LogP) is 3.91. The first-order chi connectivity index (χ1) is 16.6. The van der Waals surface area contributed by atoms with Crippen LogP contribution in [-0.2, 0) is 17.9 Å². The molecule has 1 N–H and O–H groups in total. The zero-order valence-corrected chi connectivity index (χ0v) is 19.6. The standard InChI is InChI=1S/C25H26FN5O2S/c1-2-13-31-23(20-7-3-4-8-21(20)26)28-29-25(31)34-17-22(32)27-16-18-9-11-19(12-10-18)24(33)30-14-5-6-15-30/h2-4,7-12H,1,5-6,13-17H2,(H,27,32). The van der Waals surface area contributed by atoms with Gasteiger partial charge in [0.1, 0.15) is 5.82 Å². The van der Waals surface area contributed by atoms with E-state index in [9.17, 15) is 14.0 Å². The van der Waals surface area contributed by atoms with Crippen molar-refractivity contribution < 1.29 is 14.0 Å². The van der Waals surface area contributed by atoms with Crippen molar-refractivity contribution >= 4 is 23.6 Å². The van der Waals surface area contributed by atoms with Crippen molar-refractivity contribution in [3.05, 3.63) is 78.1 Å². The van der Waals surface area contributed by atoms with Crippen molar-refractivity contribution in [3.63, 3.8) is 0 Å². The number of benzene rings is 2. The molecule has 2 aromatic carbocycles. The van der Waals surface area contributed by atoms with Crippen LogP contribution in [-0.4, -0.2) is 50.3 Å². The molecule has 2 heterocycles. The molecule has 9 heteroatoms. The molecule has 0 radical (unpaired) electrons. The Hall–Kier alpha value is -3.46. The van der Waals surface area contributed by atoms with Crippen molar-refractivity contribution in [1.82, 2.24) is 25.0 Å². The molecule has 0 bridgehead atoms. The SMILES string of the molecule is C=CCn1c(SCC(=O)NCc2ccc(C(=O)N3CCCC3)cc2)nnc1-c1ccccc1F. The summed E-state index contributed by atoms with van der Waals surface area (Å²) in [7, 11) is 0. The molecule has 1 aliphatic heterocycles. The Kier molecular flexibility index (Phi) is 7.74. The second-order valence-corrected chi connectivity index (χ2v) is 8.89. The molecule has 176 valence electrons. The summed E-state index contributed by atoms with van der Waals surface area (Å²) in [6, 6.07) is 13.7. The highest BCUT2D eigenvalue weighted by atomic mass is 32.2. The number of carbonyl (C=O) groups is 2. The third kappa shape index (κ3) is 5.53. The first-order valence-electron chi connectivity index (χ1n) is 11.1. The Morgan fingerprint density at radius 2 is 1.82 bits per heavy atom. The van der Waals surface area contributed by atoms with Crippen molar-refractivity contribution in [2.24, 2.45) is 0 Å². The largest absolute Gasteiger partial charge is 0.351 e. The van der Waals surface area contributed by atoms with Gasteiger partial charge in [-0.2, -0.15) is 0 Å². The van der Waals surface area contributed by atoms with Gasteiger partial charge in [-0.05, 0) is 42.7 Å². The van der Waals surface area contributed by atoms with E-state index in [0.29, 0.717) is 35.2 Å². The minimum absolute atomic E-state index is 0.0582. The van der Waals surface area contributed by atoms with Gasteiger partial charge in [-0.15, -0.1) is 16.8 Å². The molecule has 0 unspecified atom stereocenters. The van der Waals surface area contributed by atoms with Crippen molar-refractivity contribution in [2.75, 3.05) is 18.8 Å². The van der Waals surface area contributed by atoms with Crippen LogP contribution in [0, 0.1) is 5.82 Å². The summed E-state index contributed by atoms with van der Waals surface area (Å²) in [5, 5.41) is 11.7. The van der Waals surface area contributed by atoms with Gasteiger partial charge in [0.05, 0.1) is 11.3 Å². The van der Waals surface area contributed by atoms with Crippen LogP contribution >= 0.6 is 11.8 Å². The highest BCUT2D eigenvalue weighted by Crippen LogP contribution is 2.26. The maximum atomic E-state index is 14.2. The predicted molar refractivity (Wildman–Crippen MR) is 130 cm³/mol. The number of hydrogen-bond acceptors (Lipinski definition) is 5. The summed E-state index contributed by atoms with van der Waals surface area (Å²) in [6.45, 7) is 6.13. The topological polar surface area (TPSA) is 80.1 Å². The van der Waals surface area contributed by atoms with Gasteiger partial charge in [0.25, 0.3) is 5.91 Å². The van der Waals surface area contributed by atoms with Gasteiger partial charge in [0.15, 0.2) is 11.0 Å². The van der Waals surface area contributed by atoms with E-state index < -0.39 is 0 Å². The molecule has 0 aliphatic carbocycles. The van der Waals surface area contributed by atoms with Crippen molar-refractivity contribution in [3.8, 4) is 11.4 Å². The van der Waals surface area contributed by atoms with E-state index >= 15 is 0 Å². The number of rotatable bonds is 9. The number of allylic oxidation sites excluding steroid dienone is 1. The number of likely N-dealkylation sites (tertiary alicyclic amines) is 1. The lowest BCUT2D eigenvalue weighted by Gasteiger charge is -2.15. The number of halogens is 1. The van der Waals surface area contributed by atoms with Crippen LogP contribution in [0.1, 0.15) is 28.8 Å². The summed E-state index contributed by atoms with van der Waals surface area (Å²) in [4.78, 5) is 26.7. The van der Waals surface area contributed by atoms with Gasteiger partial charge in [0, 0.05) is 31.7 Å². The van der Waals surface area contributed by atoms with Gasteiger partial charge in [-0.3, -0.25) is 14.2 Å². The maximum Gasteiger partial charge on any atom is 0.253 e. The van der Waals surface area contributed by atoms with Crippen LogP contribution in [0.3, 0.4) is 0 Å². The maximum absolute atomic E-state index is 14.2. The molecule has 1 fully saturated rings. The average Bonchev–Trinajstić information content (AvgIpc) is 3.53. The summed E-state index contributed by atoms with van der Waals surface area (Å²) in [5.74, 6) is 0.0377. The third-order valence-corrected chi connectivity index (χ3v) is 6.53. The van der Waals surface area contributed by atoms with Crippen molar-refractivity contribution in [1.29, 1.82) is 0 Å². The number of amides is 2. The summed E-state index contributed by atoms with van der Waals surface area (Å²) < 4.78 is 16.0. The van der Waals surface area contributed by atoms with E-state index in [-0.39, 0.29) is 23.4 Å². The molecule has 0 spiro atoms. The molecular weight excluding hydrogens is 453 g/mol. The number of thioether (sulfide) groups is 1. The highest BCUT2D eigenvalue weighted by Gasteiger charge is 2.19. The van der Waals surface area contributed by atoms with Crippen LogP contribution in [0.25, 0.3) is 11.4 Å². The highest BCUT2D eigenvalue weighted by molar-refractivity contribution is 7.99. The van der Waals surface area contributed by atoms with Crippen LogP contribution in [0.2, 0.25) is 0 Å². The molecular formula is C25H26FN5O2S. The molecule has 1 aliphatic rings. The van der Waals surface area contributed by atoms with E-state index in [0.717, 1.165) is 31.5 Å². The van der Waals surface area contributed by atoms with Gasteiger partial charge < -0.3 is 10.2 Å². The van der Waals surface area contributed by atoms with Gasteiger partial charge in [-0.1, -0.05) is 42.1 Å². The molecule has 1 saturated heterocycles. The van der Waals surface area contributed by atoms with Gasteiger partial charge >= 0.3 is 0 Å². The number of hydrogen-bond donors (Lipinski definition) is 1. The fourth-order valence-electron chi connectivity index (χ4n) is 3.78. The Morgan fingerprint density at radius 1 is 1.09 bits per heavy atom. The molecule has 7 nitrogen and oxygen atoms in total. The Bertz CT molecular complexity index is 1170. The van der Waals surface area contributed by atoms with E-state index in [1.165, 1.54) is 17.8 Å². The van der Waals surface area contributed by atoms with Crippen LogP contribution < -0.4 is 5.32 Å². The van der Waals surface area contributed by atoms with E-state index in [1.54, 1.807) is 41.0 Å². The minimum Gasteiger partial charge on any atom is -0.351 e. The van der Waals surface area contributed by atoms with Crippen LogP contribution in [0.15, 0.2) is 66.3 Å². The number of aromatic nitrogens is 3. The molecule has 0 saturated carbocycles. The summed E-state index contributed by atoms with van der Waals surface area (Å²) in [5.41, 5.74) is 1.92. The molecule has 34 heavy (non-hydrogen) atoms. The number of carbonyl (C=O) groups excluding carboxylic acids is 2. The molecule has 0 atom stereocenters. The molecule has 4 rings (SSSR count). The van der Waals surface area contributed by atoms with Crippen LogP contribution in [0.4, 0.5) is 4.39 Å². The summed E-state index contributed by atoms with van der Waals surface area (Å²) >= 11 is 1.23. The van der Waals surface area contributed by atoms with Crippen molar-refractivity contribution in [2.45, 2.75) is 31.1 Å². The Morgan fingerprint density at radius 3 is 2.53 bits per heavy atom. The number of nitrogens with zero attached hydrogens (tertiary/aromatic N) is 4. The van der Waals surface area contributed by atoms with E-state index in [4.69, 9.17) is 0 Å². The first kappa shape index (κ1) is 23.7. The van der Waals surface area contributed by atoms with Gasteiger partial charge in [-0.25, -0.2) is 4.39 Å². The van der Waals surface area contributed by atoms with E-state index in [2.05, 4.69) is 22.1 Å². The monoisotopic (exact) mass is 479 g/mol. The van der Waals surface area contributed by atoms with Gasteiger partial charge in [0.2, 0.25) is 5.91 Å². The van der Waals surface area contributed by atoms with E-state index in [1.807, 2.05) is 17.0 Å². The smallest absolute Gasteiger partial charge is 0.253 e. The Labute approximate surface area is 202 Å². The molecule has 3 aromatic rings. The quantitative estimate of drug-likeness (QED) is 0.372. The molecule has 1 aromatic heterocycles. The normalized spacial score (nSPS) is 13.1. The fraction of sp³-hybridized carbons (Fsp3) is 0.280. The fourth-order valence-corrected chi connectivity index (χ4v) is 4.56. The Balaban J connectivity index is 1.32.